The number of aromatic nitrogens is 4. The number of hydrogen-bond acceptors (Lipinski definition) is 5. The van der Waals surface area contributed by atoms with Crippen LogP contribution in [-0.2, 0) is 23.6 Å². The highest BCUT2D eigenvalue weighted by Gasteiger charge is 2.27. The van der Waals surface area contributed by atoms with Crippen molar-refractivity contribution in [2.24, 2.45) is 7.05 Å². The van der Waals surface area contributed by atoms with Gasteiger partial charge >= 0.3 is 0 Å². The molecule has 0 saturated heterocycles. The largest absolute Gasteiger partial charge is 0.381 e. The van der Waals surface area contributed by atoms with Crippen molar-refractivity contribution in [1.29, 1.82) is 0 Å². The van der Waals surface area contributed by atoms with Crippen LogP contribution in [0.3, 0.4) is 0 Å². The van der Waals surface area contributed by atoms with E-state index in [0.717, 1.165) is 5.56 Å². The number of sulfonamides is 1. The molecule has 0 aliphatic heterocycles. The van der Waals surface area contributed by atoms with Crippen LogP contribution in [0.2, 0.25) is 0 Å². The number of imidazole rings is 1. The Morgan fingerprint density at radius 2 is 2.28 bits per heavy atom. The molecule has 2 rings (SSSR count). The molecule has 98 valence electrons. The van der Waals surface area contributed by atoms with E-state index in [1.54, 1.807) is 19.4 Å². The predicted octanol–water partition coefficient (Wildman–Crippen LogP) is -0.454. The molecule has 0 unspecified atom stereocenters. The molecule has 2 heterocycles. The molecule has 0 atom stereocenters. The number of rotatable bonds is 4. The molecule has 9 heteroatoms. The summed E-state index contributed by atoms with van der Waals surface area (Å²) in [5.74, 6) is -0.00320. The average molecular weight is 270 g/mol. The Morgan fingerprint density at radius 1 is 1.56 bits per heavy atom. The maximum Gasteiger partial charge on any atom is 0.262 e. The minimum absolute atomic E-state index is 0.00320. The number of nitrogens with one attached hydrogen (secondary N) is 1. The molecule has 18 heavy (non-hydrogen) atoms. The number of aromatic amines is 1. The topological polar surface area (TPSA) is 110 Å². The van der Waals surface area contributed by atoms with Crippen LogP contribution < -0.4 is 5.73 Å². The minimum atomic E-state index is -3.67. The predicted molar refractivity (Wildman–Crippen MR) is 64.9 cm³/mol. The monoisotopic (exact) mass is 270 g/mol. The second-order valence-corrected chi connectivity index (χ2v) is 5.87. The summed E-state index contributed by atoms with van der Waals surface area (Å²) >= 11 is 0. The third kappa shape index (κ3) is 2.09. The van der Waals surface area contributed by atoms with Crippen molar-refractivity contribution in [3.8, 4) is 0 Å². The van der Waals surface area contributed by atoms with Crippen LogP contribution in [0, 0.1) is 0 Å². The lowest BCUT2D eigenvalue weighted by Gasteiger charge is -2.16. The quantitative estimate of drug-likeness (QED) is 0.781. The molecule has 0 spiro atoms. The van der Waals surface area contributed by atoms with Crippen LogP contribution in [0.15, 0.2) is 23.7 Å². The van der Waals surface area contributed by atoms with Crippen molar-refractivity contribution in [3.63, 3.8) is 0 Å². The zero-order valence-electron chi connectivity index (χ0n) is 10.0. The van der Waals surface area contributed by atoms with E-state index in [2.05, 4.69) is 15.2 Å². The van der Waals surface area contributed by atoms with Crippen LogP contribution in [0.4, 0.5) is 5.82 Å². The molecule has 0 radical (unpaired) electrons. The maximum absolute atomic E-state index is 12.3. The van der Waals surface area contributed by atoms with E-state index in [1.807, 2.05) is 0 Å². The van der Waals surface area contributed by atoms with Crippen LogP contribution >= 0.6 is 0 Å². The highest BCUT2D eigenvalue weighted by molar-refractivity contribution is 7.89. The molecule has 2 aromatic rings. The standard InChI is InChI=1S/C9H14N6O2S/c1-14-6-11-8(10)9(14)18(16,17)15(2)5-7-3-12-13-4-7/h3-4,6H,5,10H2,1-2H3,(H,12,13). The van der Waals surface area contributed by atoms with Crippen molar-refractivity contribution in [2.45, 2.75) is 11.6 Å². The summed E-state index contributed by atoms with van der Waals surface area (Å²) in [4.78, 5) is 3.78. The first kappa shape index (κ1) is 12.6. The van der Waals surface area contributed by atoms with Crippen molar-refractivity contribution < 1.29 is 8.42 Å². The van der Waals surface area contributed by atoms with E-state index >= 15 is 0 Å². The SMILES string of the molecule is CN(Cc1cn[nH]c1)S(=O)(=O)c1c(N)ncn1C. The Balaban J connectivity index is 2.32. The number of nitrogens with two attached hydrogens (primary N) is 1. The summed E-state index contributed by atoms with van der Waals surface area (Å²) in [6, 6.07) is 0. The van der Waals surface area contributed by atoms with Gasteiger partial charge in [-0.05, 0) is 0 Å². The Morgan fingerprint density at radius 3 is 2.78 bits per heavy atom. The minimum Gasteiger partial charge on any atom is -0.381 e. The van der Waals surface area contributed by atoms with Crippen molar-refractivity contribution in [2.75, 3.05) is 12.8 Å². The molecule has 0 bridgehead atoms. The zero-order chi connectivity index (χ0) is 13.3. The normalized spacial score (nSPS) is 12.2. The lowest BCUT2D eigenvalue weighted by atomic mass is 10.4. The molecular formula is C9H14N6O2S. The summed E-state index contributed by atoms with van der Waals surface area (Å²) in [5.41, 5.74) is 6.35. The third-order valence-electron chi connectivity index (χ3n) is 2.52. The second-order valence-electron chi connectivity index (χ2n) is 3.91. The molecule has 8 nitrogen and oxygen atoms in total. The van der Waals surface area contributed by atoms with Crippen molar-refractivity contribution >= 4 is 15.8 Å². The number of hydrogen-bond donors (Lipinski definition) is 2. The van der Waals surface area contributed by atoms with Gasteiger partial charge in [0.05, 0.1) is 12.5 Å². The molecule has 2 aromatic heterocycles. The van der Waals surface area contributed by atoms with E-state index in [1.165, 1.54) is 22.2 Å². The van der Waals surface area contributed by atoms with E-state index in [-0.39, 0.29) is 17.4 Å². The lowest BCUT2D eigenvalue weighted by Crippen LogP contribution is -2.28. The molecule has 0 amide bonds. The smallest absolute Gasteiger partial charge is 0.262 e. The van der Waals surface area contributed by atoms with E-state index in [0.29, 0.717) is 0 Å². The van der Waals surface area contributed by atoms with E-state index in [4.69, 9.17) is 5.73 Å². The van der Waals surface area contributed by atoms with Gasteiger partial charge in [-0.3, -0.25) is 5.10 Å². The summed E-state index contributed by atoms with van der Waals surface area (Å²) in [5, 5.41) is 6.39. The molecule has 0 fully saturated rings. The maximum atomic E-state index is 12.3. The van der Waals surface area contributed by atoms with Crippen molar-refractivity contribution in [1.82, 2.24) is 24.1 Å². The number of H-pyrrole nitrogens is 1. The van der Waals surface area contributed by atoms with Gasteiger partial charge in [0.25, 0.3) is 10.0 Å². The number of anilines is 1. The van der Waals surface area contributed by atoms with Gasteiger partial charge in [0.2, 0.25) is 0 Å². The zero-order valence-corrected chi connectivity index (χ0v) is 10.8. The van der Waals surface area contributed by atoms with Gasteiger partial charge in [0.15, 0.2) is 10.8 Å². The molecule has 0 aromatic carbocycles. The highest BCUT2D eigenvalue weighted by Crippen LogP contribution is 2.20. The first-order valence-electron chi connectivity index (χ1n) is 5.13. The van der Waals surface area contributed by atoms with E-state index in [9.17, 15) is 8.42 Å². The molecule has 0 saturated carbocycles. The van der Waals surface area contributed by atoms with Crippen molar-refractivity contribution in [3.05, 3.63) is 24.3 Å². The van der Waals surface area contributed by atoms with Gasteiger partial charge in [0.1, 0.15) is 0 Å². The number of nitrogens with zero attached hydrogens (tertiary/aromatic N) is 4. The Bertz CT molecular complexity index is 611. The third-order valence-corrected chi connectivity index (χ3v) is 4.46. The fraction of sp³-hybridized carbons (Fsp3) is 0.333. The lowest BCUT2D eigenvalue weighted by molar-refractivity contribution is 0.461. The summed E-state index contributed by atoms with van der Waals surface area (Å²) in [6.07, 6.45) is 4.57. The molecule has 0 aliphatic rings. The fourth-order valence-electron chi connectivity index (χ4n) is 1.61. The summed E-state index contributed by atoms with van der Waals surface area (Å²) < 4.78 is 27.2. The number of aryl methyl sites for hydroxylation is 1. The molecule has 0 aliphatic carbocycles. The van der Waals surface area contributed by atoms with Crippen LogP contribution in [0.1, 0.15) is 5.56 Å². The van der Waals surface area contributed by atoms with Gasteiger partial charge in [-0.15, -0.1) is 0 Å². The van der Waals surface area contributed by atoms with Gasteiger partial charge in [-0.2, -0.15) is 9.40 Å². The Hall–Kier alpha value is -1.87. The average Bonchev–Trinajstić information content (AvgIpc) is 2.89. The first-order chi connectivity index (χ1) is 8.43. The van der Waals surface area contributed by atoms with Crippen LogP contribution in [0.5, 0.6) is 0 Å². The van der Waals surface area contributed by atoms with Gasteiger partial charge in [0, 0.05) is 32.4 Å². The summed E-state index contributed by atoms with van der Waals surface area (Å²) in [6.45, 7) is 0.212. The molecular weight excluding hydrogens is 256 g/mol. The highest BCUT2D eigenvalue weighted by atomic mass is 32.2. The van der Waals surface area contributed by atoms with E-state index < -0.39 is 10.0 Å². The van der Waals surface area contributed by atoms with Crippen LogP contribution in [0.25, 0.3) is 0 Å². The van der Waals surface area contributed by atoms with Crippen LogP contribution in [-0.4, -0.2) is 39.5 Å². The van der Waals surface area contributed by atoms with Gasteiger partial charge < -0.3 is 10.3 Å². The molecule has 3 N–H and O–H groups in total. The second kappa shape index (κ2) is 4.42. The fourth-order valence-corrected chi connectivity index (χ4v) is 2.95. The summed E-state index contributed by atoms with van der Waals surface area (Å²) in [7, 11) is -0.600. The Labute approximate surface area is 104 Å². The Kier molecular flexibility index (Phi) is 3.09. The van der Waals surface area contributed by atoms with Gasteiger partial charge in [-0.1, -0.05) is 0 Å². The van der Waals surface area contributed by atoms with Gasteiger partial charge in [-0.25, -0.2) is 13.4 Å². The first-order valence-corrected chi connectivity index (χ1v) is 6.57. The number of nitrogen functional groups attached to an aromatic ring is 1.